The van der Waals surface area contributed by atoms with E-state index in [0.29, 0.717) is 0 Å². The van der Waals surface area contributed by atoms with Crippen LogP contribution in [0.4, 0.5) is 10.1 Å². The van der Waals surface area contributed by atoms with E-state index in [-0.39, 0.29) is 22.8 Å². The molecule has 1 aliphatic heterocycles. The second-order valence-corrected chi connectivity index (χ2v) is 7.50. The molecule has 0 aromatic heterocycles. The average Bonchev–Trinajstić information content (AvgIpc) is 2.33. The fourth-order valence-electron chi connectivity index (χ4n) is 2.76. The summed E-state index contributed by atoms with van der Waals surface area (Å²) in [7, 11) is -3.94. The Morgan fingerprint density at radius 1 is 1.30 bits per heavy atom. The summed E-state index contributed by atoms with van der Waals surface area (Å²) in [6, 6.07) is 2.01. The molecule has 1 heterocycles. The van der Waals surface area contributed by atoms with E-state index in [1.807, 2.05) is 13.8 Å². The molecule has 2 atom stereocenters. The molecule has 112 valence electrons. The van der Waals surface area contributed by atoms with Crippen LogP contribution >= 0.6 is 11.6 Å². The lowest BCUT2D eigenvalue weighted by Gasteiger charge is -2.37. The molecular formula is C13H18ClFN2O2S. The van der Waals surface area contributed by atoms with Crippen molar-refractivity contribution >= 4 is 27.3 Å². The van der Waals surface area contributed by atoms with Crippen LogP contribution in [0, 0.1) is 5.82 Å². The summed E-state index contributed by atoms with van der Waals surface area (Å²) in [5.74, 6) is -0.939. The summed E-state index contributed by atoms with van der Waals surface area (Å²) in [4.78, 5) is -0.442. The maximum absolute atomic E-state index is 14.1. The van der Waals surface area contributed by atoms with E-state index < -0.39 is 20.7 Å². The SMILES string of the molecule is C[C@@H]1CCC[C@H](C)N1S(=O)(=O)c1cc(N)cc(Cl)c1F. The molecule has 0 spiro atoms. The third kappa shape index (κ3) is 2.64. The molecule has 1 aromatic rings. The minimum atomic E-state index is -3.94. The number of benzene rings is 1. The predicted octanol–water partition coefficient (Wildman–Crippen LogP) is 3.01. The molecule has 1 aliphatic rings. The quantitative estimate of drug-likeness (QED) is 0.852. The first kappa shape index (κ1) is 15.5. The van der Waals surface area contributed by atoms with Crippen molar-refractivity contribution in [3.05, 3.63) is 23.0 Å². The van der Waals surface area contributed by atoms with Crippen molar-refractivity contribution in [1.29, 1.82) is 0 Å². The van der Waals surface area contributed by atoms with Gasteiger partial charge in [0.15, 0.2) is 5.82 Å². The summed E-state index contributed by atoms with van der Waals surface area (Å²) >= 11 is 5.70. The average molecular weight is 321 g/mol. The monoisotopic (exact) mass is 320 g/mol. The van der Waals surface area contributed by atoms with Crippen LogP contribution in [0.15, 0.2) is 17.0 Å². The minimum absolute atomic E-state index is 0.132. The summed E-state index contributed by atoms with van der Waals surface area (Å²) < 4.78 is 40.9. The van der Waals surface area contributed by atoms with E-state index in [1.165, 1.54) is 10.4 Å². The summed E-state index contributed by atoms with van der Waals surface area (Å²) in [6.45, 7) is 3.66. The Morgan fingerprint density at radius 2 is 1.85 bits per heavy atom. The van der Waals surface area contributed by atoms with Gasteiger partial charge in [0.1, 0.15) is 4.90 Å². The highest BCUT2D eigenvalue weighted by molar-refractivity contribution is 7.89. The number of anilines is 1. The number of nitrogens with zero attached hydrogens (tertiary/aromatic N) is 1. The number of nitrogen functional groups attached to an aromatic ring is 1. The van der Waals surface area contributed by atoms with Crippen LogP contribution in [0.5, 0.6) is 0 Å². The first-order valence-electron chi connectivity index (χ1n) is 6.53. The molecule has 2 N–H and O–H groups in total. The molecule has 0 saturated carbocycles. The van der Waals surface area contributed by atoms with E-state index in [0.717, 1.165) is 25.3 Å². The number of sulfonamides is 1. The minimum Gasteiger partial charge on any atom is -0.399 e. The van der Waals surface area contributed by atoms with Crippen molar-refractivity contribution in [1.82, 2.24) is 4.31 Å². The molecule has 0 bridgehead atoms. The molecule has 0 unspecified atom stereocenters. The van der Waals surface area contributed by atoms with Crippen LogP contribution in [0.3, 0.4) is 0 Å². The summed E-state index contributed by atoms with van der Waals surface area (Å²) in [5.41, 5.74) is 5.72. The number of rotatable bonds is 2. The standard InChI is InChI=1S/C13H18ClFN2O2S/c1-8-4-3-5-9(2)17(8)20(18,19)12-7-10(16)6-11(14)13(12)15/h6-9H,3-5,16H2,1-2H3/t8-,9+. The normalized spacial score (nSPS) is 24.8. The molecule has 1 saturated heterocycles. The van der Waals surface area contributed by atoms with Gasteiger partial charge in [0.05, 0.1) is 5.02 Å². The molecule has 2 rings (SSSR count). The lowest BCUT2D eigenvalue weighted by molar-refractivity contribution is 0.203. The Kier molecular flexibility index (Phi) is 4.27. The zero-order chi connectivity index (χ0) is 15.1. The molecule has 7 heteroatoms. The number of hydrogen-bond acceptors (Lipinski definition) is 3. The van der Waals surface area contributed by atoms with Crippen molar-refractivity contribution in [3.63, 3.8) is 0 Å². The highest BCUT2D eigenvalue weighted by atomic mass is 35.5. The largest absolute Gasteiger partial charge is 0.399 e. The lowest BCUT2D eigenvalue weighted by Crippen LogP contribution is -2.47. The Labute approximate surface area is 123 Å². The van der Waals surface area contributed by atoms with Crippen molar-refractivity contribution < 1.29 is 12.8 Å². The van der Waals surface area contributed by atoms with Crippen LogP contribution in [0.25, 0.3) is 0 Å². The molecule has 0 aliphatic carbocycles. The van der Waals surface area contributed by atoms with E-state index in [2.05, 4.69) is 0 Å². The third-order valence-electron chi connectivity index (χ3n) is 3.69. The molecule has 1 fully saturated rings. The number of halogens is 2. The van der Waals surface area contributed by atoms with E-state index in [4.69, 9.17) is 17.3 Å². The fraction of sp³-hybridized carbons (Fsp3) is 0.538. The molecular weight excluding hydrogens is 303 g/mol. The van der Waals surface area contributed by atoms with E-state index in [1.54, 1.807) is 0 Å². The Bertz CT molecular complexity index is 611. The van der Waals surface area contributed by atoms with Crippen LogP contribution in [-0.4, -0.2) is 24.8 Å². The second kappa shape index (κ2) is 5.50. The van der Waals surface area contributed by atoms with Gasteiger partial charge in [0.25, 0.3) is 0 Å². The molecule has 0 amide bonds. The van der Waals surface area contributed by atoms with Crippen LogP contribution in [0.2, 0.25) is 5.02 Å². The van der Waals surface area contributed by atoms with Gasteiger partial charge < -0.3 is 5.73 Å². The third-order valence-corrected chi connectivity index (χ3v) is 6.09. The van der Waals surface area contributed by atoms with Gasteiger partial charge in [0, 0.05) is 17.8 Å². The zero-order valence-electron chi connectivity index (χ0n) is 11.4. The topological polar surface area (TPSA) is 63.4 Å². The van der Waals surface area contributed by atoms with Gasteiger partial charge >= 0.3 is 0 Å². The number of hydrogen-bond donors (Lipinski definition) is 1. The Balaban J connectivity index is 2.55. The van der Waals surface area contributed by atoms with Gasteiger partial charge in [-0.2, -0.15) is 4.31 Å². The van der Waals surface area contributed by atoms with Gasteiger partial charge in [0.2, 0.25) is 10.0 Å². The van der Waals surface area contributed by atoms with E-state index >= 15 is 0 Å². The molecule has 0 radical (unpaired) electrons. The van der Waals surface area contributed by atoms with Gasteiger partial charge in [-0.1, -0.05) is 18.0 Å². The maximum atomic E-state index is 14.1. The molecule has 4 nitrogen and oxygen atoms in total. The van der Waals surface area contributed by atoms with Crippen molar-refractivity contribution in [2.45, 2.75) is 50.1 Å². The highest BCUT2D eigenvalue weighted by Gasteiger charge is 2.37. The first-order valence-corrected chi connectivity index (χ1v) is 8.35. The zero-order valence-corrected chi connectivity index (χ0v) is 13.0. The lowest BCUT2D eigenvalue weighted by atomic mass is 10.0. The fourth-order valence-corrected chi connectivity index (χ4v) is 5.05. The highest BCUT2D eigenvalue weighted by Crippen LogP contribution is 2.33. The molecule has 1 aromatic carbocycles. The van der Waals surface area contributed by atoms with E-state index in [9.17, 15) is 12.8 Å². The smallest absolute Gasteiger partial charge is 0.246 e. The summed E-state index contributed by atoms with van der Waals surface area (Å²) in [5, 5.41) is -0.277. The van der Waals surface area contributed by atoms with Crippen LogP contribution < -0.4 is 5.73 Å². The van der Waals surface area contributed by atoms with Gasteiger partial charge in [-0.25, -0.2) is 12.8 Å². The van der Waals surface area contributed by atoms with Crippen molar-refractivity contribution in [2.75, 3.05) is 5.73 Å². The van der Waals surface area contributed by atoms with Crippen molar-refractivity contribution in [2.24, 2.45) is 0 Å². The van der Waals surface area contributed by atoms with Gasteiger partial charge in [-0.15, -0.1) is 0 Å². The number of nitrogens with two attached hydrogens (primary N) is 1. The van der Waals surface area contributed by atoms with Gasteiger partial charge in [-0.05, 0) is 38.8 Å². The summed E-state index contributed by atoms with van der Waals surface area (Å²) in [6.07, 6.45) is 2.50. The van der Waals surface area contributed by atoms with Crippen LogP contribution in [0.1, 0.15) is 33.1 Å². The Morgan fingerprint density at radius 3 is 2.40 bits per heavy atom. The number of piperidine rings is 1. The van der Waals surface area contributed by atoms with Gasteiger partial charge in [-0.3, -0.25) is 0 Å². The second-order valence-electron chi connectivity index (χ2n) is 5.28. The maximum Gasteiger partial charge on any atom is 0.246 e. The first-order chi connectivity index (χ1) is 9.25. The Hall–Kier alpha value is -0.850. The van der Waals surface area contributed by atoms with Crippen molar-refractivity contribution in [3.8, 4) is 0 Å². The van der Waals surface area contributed by atoms with Crippen LogP contribution in [-0.2, 0) is 10.0 Å². The predicted molar refractivity (Wildman–Crippen MR) is 77.6 cm³/mol. The molecule has 20 heavy (non-hydrogen) atoms.